The third-order valence-electron chi connectivity index (χ3n) is 3.15. The second-order valence-corrected chi connectivity index (χ2v) is 5.68. The zero-order valence-electron chi connectivity index (χ0n) is 10.7. The van der Waals surface area contributed by atoms with Gasteiger partial charge in [-0.3, -0.25) is 5.43 Å². The number of rotatable bonds is 2. The first-order valence-corrected chi connectivity index (χ1v) is 7.53. The average molecular weight is 332 g/mol. The minimum atomic E-state index is 0.0190. The molecule has 0 atom stereocenters. The molecule has 0 aromatic carbocycles. The van der Waals surface area contributed by atoms with Gasteiger partial charge in [0, 0.05) is 5.71 Å². The van der Waals surface area contributed by atoms with Crippen LogP contribution in [0.15, 0.2) is 5.10 Å². The lowest BCUT2D eigenvalue weighted by Gasteiger charge is -2.08. The van der Waals surface area contributed by atoms with E-state index in [4.69, 9.17) is 40.1 Å². The summed E-state index contributed by atoms with van der Waals surface area (Å²) in [5, 5.41) is 13.5. The Balaban J connectivity index is 2.22. The van der Waals surface area contributed by atoms with E-state index in [1.807, 2.05) is 6.07 Å². The van der Waals surface area contributed by atoms with Crippen LogP contribution in [0.5, 0.6) is 0 Å². The molecule has 1 aliphatic rings. The smallest absolute Gasteiger partial charge is 0.168 e. The fourth-order valence-corrected chi connectivity index (χ4v) is 2.73. The van der Waals surface area contributed by atoms with E-state index in [0.717, 1.165) is 31.4 Å². The molecule has 2 rings (SSSR count). The topological polar surface area (TPSA) is 61.1 Å². The molecular weight excluding hydrogens is 319 g/mol. The summed E-state index contributed by atoms with van der Waals surface area (Å²) in [5.41, 5.74) is 3.98. The summed E-state index contributed by atoms with van der Waals surface area (Å²) in [6.07, 6.45) is 6.73. The first-order valence-electron chi connectivity index (χ1n) is 6.39. The van der Waals surface area contributed by atoms with Gasteiger partial charge in [0.15, 0.2) is 11.0 Å². The van der Waals surface area contributed by atoms with Gasteiger partial charge in [0.1, 0.15) is 16.7 Å². The highest BCUT2D eigenvalue weighted by Gasteiger charge is 2.16. The number of aromatic nitrogens is 1. The van der Waals surface area contributed by atoms with Crippen LogP contribution < -0.4 is 5.43 Å². The van der Waals surface area contributed by atoms with Crippen molar-refractivity contribution in [2.75, 3.05) is 5.43 Å². The van der Waals surface area contributed by atoms with E-state index in [1.54, 1.807) is 0 Å². The van der Waals surface area contributed by atoms with Crippen molar-refractivity contribution >= 4 is 46.3 Å². The molecule has 1 fully saturated rings. The molecular formula is C13H13Cl3N4. The Labute approximate surface area is 132 Å². The van der Waals surface area contributed by atoms with Gasteiger partial charge < -0.3 is 0 Å². The molecule has 0 aliphatic heterocycles. The zero-order valence-corrected chi connectivity index (χ0v) is 13.0. The van der Waals surface area contributed by atoms with Crippen molar-refractivity contribution in [2.45, 2.75) is 38.5 Å². The van der Waals surface area contributed by atoms with E-state index in [0.29, 0.717) is 0 Å². The molecule has 1 aromatic rings. The Morgan fingerprint density at radius 1 is 1.05 bits per heavy atom. The van der Waals surface area contributed by atoms with Crippen molar-refractivity contribution in [3.8, 4) is 6.07 Å². The van der Waals surface area contributed by atoms with E-state index in [1.165, 1.54) is 12.8 Å². The van der Waals surface area contributed by atoms with Gasteiger partial charge in [-0.25, -0.2) is 4.98 Å². The fraction of sp³-hybridized carbons (Fsp3) is 0.462. The van der Waals surface area contributed by atoms with E-state index in [9.17, 15) is 0 Å². The molecule has 0 spiro atoms. The normalized spacial score (nSPS) is 15.4. The standard InChI is InChI=1S/C13H13Cl3N4/c14-10-9(7-17)12(16)18-13(11(10)15)20-19-8-5-3-1-2-4-6-8/h1-6H2,(H,18,20). The maximum absolute atomic E-state index is 8.91. The van der Waals surface area contributed by atoms with Crippen LogP contribution in [0.1, 0.15) is 44.1 Å². The summed E-state index contributed by atoms with van der Waals surface area (Å²) in [4.78, 5) is 4.02. The summed E-state index contributed by atoms with van der Waals surface area (Å²) < 4.78 is 0. The van der Waals surface area contributed by atoms with Crippen molar-refractivity contribution in [1.29, 1.82) is 5.26 Å². The van der Waals surface area contributed by atoms with E-state index < -0.39 is 0 Å². The van der Waals surface area contributed by atoms with Crippen LogP contribution in [0.3, 0.4) is 0 Å². The summed E-state index contributed by atoms with van der Waals surface area (Å²) in [6, 6.07) is 1.87. The number of anilines is 1. The van der Waals surface area contributed by atoms with Crippen molar-refractivity contribution < 1.29 is 0 Å². The third kappa shape index (κ3) is 3.54. The van der Waals surface area contributed by atoms with Crippen LogP contribution in [-0.2, 0) is 0 Å². The van der Waals surface area contributed by atoms with Gasteiger partial charge in [-0.15, -0.1) is 0 Å². The van der Waals surface area contributed by atoms with E-state index in [-0.39, 0.29) is 26.6 Å². The van der Waals surface area contributed by atoms with E-state index >= 15 is 0 Å². The third-order valence-corrected chi connectivity index (χ3v) is 4.26. The monoisotopic (exact) mass is 330 g/mol. The summed E-state index contributed by atoms with van der Waals surface area (Å²) in [6.45, 7) is 0. The predicted molar refractivity (Wildman–Crippen MR) is 82.7 cm³/mol. The molecule has 106 valence electrons. The van der Waals surface area contributed by atoms with Gasteiger partial charge >= 0.3 is 0 Å². The van der Waals surface area contributed by atoms with Gasteiger partial charge in [-0.2, -0.15) is 10.4 Å². The second-order valence-electron chi connectivity index (χ2n) is 4.57. The van der Waals surface area contributed by atoms with Crippen LogP contribution in [-0.4, -0.2) is 10.7 Å². The molecule has 0 saturated heterocycles. The maximum Gasteiger partial charge on any atom is 0.168 e. The zero-order chi connectivity index (χ0) is 14.5. The number of hydrogen-bond acceptors (Lipinski definition) is 4. The number of hydrogen-bond donors (Lipinski definition) is 1. The van der Waals surface area contributed by atoms with Crippen LogP contribution in [0.25, 0.3) is 0 Å². The Morgan fingerprint density at radius 2 is 1.70 bits per heavy atom. The predicted octanol–water partition coefficient (Wildman–Crippen LogP) is 5.04. The van der Waals surface area contributed by atoms with Crippen molar-refractivity contribution in [1.82, 2.24) is 4.98 Å². The Bertz CT molecular complexity index is 568. The highest BCUT2D eigenvalue weighted by atomic mass is 35.5. The van der Waals surface area contributed by atoms with Crippen LogP contribution in [0.2, 0.25) is 15.2 Å². The number of halogens is 3. The largest absolute Gasteiger partial charge is 0.260 e. The summed E-state index contributed by atoms with van der Waals surface area (Å²) >= 11 is 17.9. The lowest BCUT2D eigenvalue weighted by Crippen LogP contribution is -2.03. The molecule has 7 heteroatoms. The quantitative estimate of drug-likeness (QED) is 0.469. The molecule has 4 nitrogen and oxygen atoms in total. The number of pyridine rings is 1. The first-order chi connectivity index (χ1) is 9.63. The molecule has 1 heterocycles. The SMILES string of the molecule is N#Cc1c(Cl)nc(NN=C2CCCCCC2)c(Cl)c1Cl. The molecule has 1 aromatic heterocycles. The van der Waals surface area contributed by atoms with Crippen LogP contribution >= 0.6 is 34.8 Å². The highest BCUT2D eigenvalue weighted by molar-refractivity contribution is 6.45. The first kappa shape index (κ1) is 15.4. The minimum Gasteiger partial charge on any atom is -0.260 e. The molecule has 1 aliphatic carbocycles. The van der Waals surface area contributed by atoms with Crippen LogP contribution in [0.4, 0.5) is 5.82 Å². The summed E-state index contributed by atoms with van der Waals surface area (Å²) in [7, 11) is 0. The lowest BCUT2D eigenvalue weighted by molar-refractivity contribution is 0.702. The molecule has 0 unspecified atom stereocenters. The minimum absolute atomic E-state index is 0.0190. The van der Waals surface area contributed by atoms with Gasteiger partial charge in [-0.1, -0.05) is 47.6 Å². The van der Waals surface area contributed by atoms with Gasteiger partial charge in [0.2, 0.25) is 0 Å². The van der Waals surface area contributed by atoms with Gasteiger partial charge in [-0.05, 0) is 25.7 Å². The highest BCUT2D eigenvalue weighted by Crippen LogP contribution is 2.34. The molecule has 0 amide bonds. The summed E-state index contributed by atoms with van der Waals surface area (Å²) in [5.74, 6) is 0.275. The lowest BCUT2D eigenvalue weighted by atomic mass is 10.2. The Morgan fingerprint density at radius 3 is 2.30 bits per heavy atom. The number of hydrazone groups is 1. The van der Waals surface area contributed by atoms with Gasteiger partial charge in [0.25, 0.3) is 0 Å². The number of nitriles is 1. The number of nitrogens with zero attached hydrogens (tertiary/aromatic N) is 3. The Hall–Kier alpha value is -1.02. The van der Waals surface area contributed by atoms with Crippen molar-refractivity contribution in [3.63, 3.8) is 0 Å². The molecule has 0 radical (unpaired) electrons. The fourth-order valence-electron chi connectivity index (χ4n) is 2.06. The molecule has 0 bridgehead atoms. The molecule has 1 saturated carbocycles. The van der Waals surface area contributed by atoms with Crippen molar-refractivity contribution in [3.05, 3.63) is 20.8 Å². The molecule has 1 N–H and O–H groups in total. The second kappa shape index (κ2) is 7.12. The van der Waals surface area contributed by atoms with Crippen molar-refractivity contribution in [2.24, 2.45) is 5.10 Å². The average Bonchev–Trinajstić information content (AvgIpc) is 2.70. The van der Waals surface area contributed by atoms with Crippen LogP contribution in [0, 0.1) is 11.3 Å². The van der Waals surface area contributed by atoms with Gasteiger partial charge in [0.05, 0.1) is 5.02 Å². The number of nitrogens with one attached hydrogen (secondary N) is 1. The molecule has 20 heavy (non-hydrogen) atoms. The maximum atomic E-state index is 8.91. The Kier molecular flexibility index (Phi) is 5.47. The van der Waals surface area contributed by atoms with E-state index in [2.05, 4.69) is 15.5 Å².